The number of carbonyl (C=O) groups is 1. The van der Waals surface area contributed by atoms with Gasteiger partial charge in [0.2, 0.25) is 5.91 Å². The third kappa shape index (κ3) is 19.4. The van der Waals surface area contributed by atoms with Crippen LogP contribution in [0.2, 0.25) is 0 Å². The molecular weight excluding hydrogens is 286 g/mol. The summed E-state index contributed by atoms with van der Waals surface area (Å²) < 4.78 is 5.62. The average Bonchev–Trinajstić information content (AvgIpc) is 2.48. The number of hydrogen-bond donors (Lipinski definition) is 1. The van der Waals surface area contributed by atoms with Gasteiger partial charge in [0.15, 0.2) is 0 Å². The van der Waals surface area contributed by atoms with E-state index >= 15 is 0 Å². The van der Waals surface area contributed by atoms with Crippen LogP contribution in [0.15, 0.2) is 0 Å². The highest BCUT2D eigenvalue weighted by molar-refractivity contribution is 5.75. The lowest BCUT2D eigenvalue weighted by Crippen LogP contribution is -2.24. The molecule has 138 valence electrons. The lowest BCUT2D eigenvalue weighted by atomic mass is 10.0. The lowest BCUT2D eigenvalue weighted by Gasteiger charge is -2.07. The summed E-state index contributed by atoms with van der Waals surface area (Å²) in [7, 11) is 0. The fourth-order valence-electron chi connectivity index (χ4n) is 2.54. The summed E-state index contributed by atoms with van der Waals surface area (Å²) in [6.45, 7) is 11.4. The van der Waals surface area contributed by atoms with Crippen molar-refractivity contribution in [3.05, 3.63) is 0 Å². The Kier molecular flexibility index (Phi) is 15.9. The van der Waals surface area contributed by atoms with Crippen molar-refractivity contribution >= 4 is 5.91 Å². The minimum atomic E-state index is 0.193. The first-order valence-electron chi connectivity index (χ1n) is 9.86. The molecule has 23 heavy (non-hydrogen) atoms. The number of amides is 1. The van der Waals surface area contributed by atoms with Crippen molar-refractivity contribution in [3.63, 3.8) is 0 Å². The molecule has 0 bridgehead atoms. The molecule has 0 radical (unpaired) electrons. The van der Waals surface area contributed by atoms with E-state index in [4.69, 9.17) is 4.74 Å². The second kappa shape index (κ2) is 16.3. The zero-order valence-electron chi connectivity index (χ0n) is 16.2. The van der Waals surface area contributed by atoms with Crippen LogP contribution in [0.1, 0.15) is 91.9 Å². The third-order valence-electron chi connectivity index (χ3n) is 4.04. The Morgan fingerprint density at radius 1 is 0.783 bits per heavy atom. The van der Waals surface area contributed by atoms with E-state index in [0.29, 0.717) is 6.42 Å². The van der Waals surface area contributed by atoms with Crippen LogP contribution in [-0.2, 0) is 9.53 Å². The summed E-state index contributed by atoms with van der Waals surface area (Å²) in [5.74, 6) is 1.76. The van der Waals surface area contributed by atoms with Crippen LogP contribution in [0, 0.1) is 11.8 Å². The Morgan fingerprint density at radius 2 is 1.35 bits per heavy atom. The van der Waals surface area contributed by atoms with Crippen molar-refractivity contribution in [3.8, 4) is 0 Å². The molecule has 0 heterocycles. The standard InChI is InChI=1S/C20H41NO2/c1-18(2)12-7-5-6-10-16-23-17-11-15-21-20(22)14-9-8-13-19(3)4/h18-19H,5-17H2,1-4H3,(H,21,22). The fourth-order valence-corrected chi connectivity index (χ4v) is 2.54. The van der Waals surface area contributed by atoms with E-state index < -0.39 is 0 Å². The van der Waals surface area contributed by atoms with Gasteiger partial charge in [0, 0.05) is 26.2 Å². The molecule has 0 aromatic heterocycles. The Labute approximate surface area is 144 Å². The van der Waals surface area contributed by atoms with Gasteiger partial charge >= 0.3 is 0 Å². The van der Waals surface area contributed by atoms with Crippen LogP contribution in [0.3, 0.4) is 0 Å². The normalized spacial score (nSPS) is 11.4. The molecule has 0 aromatic rings. The quantitative estimate of drug-likeness (QED) is 0.389. The van der Waals surface area contributed by atoms with E-state index in [0.717, 1.165) is 50.9 Å². The molecule has 0 unspecified atom stereocenters. The molecule has 3 nitrogen and oxygen atoms in total. The highest BCUT2D eigenvalue weighted by Gasteiger charge is 2.01. The zero-order chi connectivity index (χ0) is 17.3. The van der Waals surface area contributed by atoms with Gasteiger partial charge < -0.3 is 10.1 Å². The van der Waals surface area contributed by atoms with Crippen LogP contribution in [-0.4, -0.2) is 25.7 Å². The Balaban J connectivity index is 3.16. The number of carbonyl (C=O) groups excluding carboxylic acids is 1. The number of ether oxygens (including phenoxy) is 1. The molecular formula is C20H41NO2. The summed E-state index contributed by atoms with van der Waals surface area (Å²) in [5.41, 5.74) is 0. The molecule has 0 aliphatic heterocycles. The highest BCUT2D eigenvalue weighted by Crippen LogP contribution is 2.09. The predicted octanol–water partition coefficient (Wildman–Crippen LogP) is 5.33. The monoisotopic (exact) mass is 327 g/mol. The molecule has 0 rings (SSSR count). The number of rotatable bonds is 16. The maximum atomic E-state index is 11.6. The molecule has 1 amide bonds. The smallest absolute Gasteiger partial charge is 0.219 e. The first-order valence-corrected chi connectivity index (χ1v) is 9.86. The van der Waals surface area contributed by atoms with Gasteiger partial charge in [-0.1, -0.05) is 66.2 Å². The van der Waals surface area contributed by atoms with Gasteiger partial charge in [-0.05, 0) is 31.1 Å². The summed E-state index contributed by atoms with van der Waals surface area (Å²) >= 11 is 0. The van der Waals surface area contributed by atoms with Crippen molar-refractivity contribution in [2.45, 2.75) is 91.9 Å². The predicted molar refractivity (Wildman–Crippen MR) is 99.7 cm³/mol. The lowest BCUT2D eigenvalue weighted by molar-refractivity contribution is -0.121. The largest absolute Gasteiger partial charge is 0.381 e. The van der Waals surface area contributed by atoms with Crippen molar-refractivity contribution < 1.29 is 9.53 Å². The number of unbranched alkanes of at least 4 members (excludes halogenated alkanes) is 4. The van der Waals surface area contributed by atoms with Crippen molar-refractivity contribution in [2.24, 2.45) is 11.8 Å². The molecule has 0 aliphatic carbocycles. The fraction of sp³-hybridized carbons (Fsp3) is 0.950. The maximum Gasteiger partial charge on any atom is 0.219 e. The summed E-state index contributed by atoms with van der Waals surface area (Å²) in [6, 6.07) is 0. The second-order valence-corrected chi connectivity index (χ2v) is 7.55. The van der Waals surface area contributed by atoms with E-state index in [1.165, 1.54) is 38.5 Å². The van der Waals surface area contributed by atoms with Gasteiger partial charge in [0.25, 0.3) is 0 Å². The van der Waals surface area contributed by atoms with Crippen LogP contribution < -0.4 is 5.32 Å². The van der Waals surface area contributed by atoms with Gasteiger partial charge in [0.05, 0.1) is 0 Å². The molecule has 0 aliphatic rings. The Morgan fingerprint density at radius 3 is 2.00 bits per heavy atom. The SMILES string of the molecule is CC(C)CCCCCCOCCCNC(=O)CCCCC(C)C. The van der Waals surface area contributed by atoms with Crippen LogP contribution >= 0.6 is 0 Å². The number of nitrogens with one attached hydrogen (secondary N) is 1. The van der Waals surface area contributed by atoms with Crippen LogP contribution in [0.25, 0.3) is 0 Å². The van der Waals surface area contributed by atoms with Gasteiger partial charge in [-0.2, -0.15) is 0 Å². The number of hydrogen-bond acceptors (Lipinski definition) is 2. The average molecular weight is 328 g/mol. The summed E-state index contributed by atoms with van der Waals surface area (Å²) in [5, 5.41) is 2.98. The minimum absolute atomic E-state index is 0.193. The molecule has 0 saturated heterocycles. The molecule has 0 saturated carbocycles. The van der Waals surface area contributed by atoms with E-state index in [2.05, 4.69) is 33.0 Å². The van der Waals surface area contributed by atoms with Crippen LogP contribution in [0.5, 0.6) is 0 Å². The zero-order valence-corrected chi connectivity index (χ0v) is 16.2. The molecule has 3 heteroatoms. The Bertz CT molecular complexity index is 264. The van der Waals surface area contributed by atoms with Crippen molar-refractivity contribution in [1.29, 1.82) is 0 Å². The minimum Gasteiger partial charge on any atom is -0.381 e. The van der Waals surface area contributed by atoms with Gasteiger partial charge in [-0.15, -0.1) is 0 Å². The molecule has 1 N–H and O–H groups in total. The van der Waals surface area contributed by atoms with Crippen molar-refractivity contribution in [2.75, 3.05) is 19.8 Å². The molecule has 0 atom stereocenters. The van der Waals surface area contributed by atoms with Gasteiger partial charge in [0.1, 0.15) is 0 Å². The topological polar surface area (TPSA) is 38.3 Å². The third-order valence-corrected chi connectivity index (χ3v) is 4.04. The summed E-state index contributed by atoms with van der Waals surface area (Å²) in [4.78, 5) is 11.6. The van der Waals surface area contributed by atoms with Gasteiger partial charge in [-0.3, -0.25) is 4.79 Å². The molecule has 0 spiro atoms. The first kappa shape index (κ1) is 22.4. The van der Waals surface area contributed by atoms with E-state index in [-0.39, 0.29) is 5.91 Å². The maximum absolute atomic E-state index is 11.6. The van der Waals surface area contributed by atoms with Gasteiger partial charge in [-0.25, -0.2) is 0 Å². The van der Waals surface area contributed by atoms with E-state index in [9.17, 15) is 4.79 Å². The first-order chi connectivity index (χ1) is 11.0. The van der Waals surface area contributed by atoms with E-state index in [1.807, 2.05) is 0 Å². The Hall–Kier alpha value is -0.570. The van der Waals surface area contributed by atoms with Crippen molar-refractivity contribution in [1.82, 2.24) is 5.32 Å². The molecule has 0 aromatic carbocycles. The highest BCUT2D eigenvalue weighted by atomic mass is 16.5. The van der Waals surface area contributed by atoms with E-state index in [1.54, 1.807) is 0 Å². The summed E-state index contributed by atoms with van der Waals surface area (Å²) in [6.07, 6.45) is 11.4. The molecule has 0 fully saturated rings. The second-order valence-electron chi connectivity index (χ2n) is 7.55. The van der Waals surface area contributed by atoms with Crippen LogP contribution in [0.4, 0.5) is 0 Å².